The first kappa shape index (κ1) is 14.6. The van der Waals surface area contributed by atoms with Gasteiger partial charge in [-0.05, 0) is 0 Å². The van der Waals surface area contributed by atoms with Crippen molar-refractivity contribution in [2.45, 2.75) is 12.1 Å². The smallest absolute Gasteiger partial charge is 0.324 e. The standard InChI is InChI=1S/C16H20N4O3/c21-14-11-20(10-13(14)19-6-8-22-9-7-19)16-17-15(18-23-16)12-4-2-1-3-5-12/h1-5,13-14,21H,6-11H2/t13-,14-/m0/s1. The summed E-state index contributed by atoms with van der Waals surface area (Å²) in [5, 5.41) is 14.4. The zero-order chi connectivity index (χ0) is 15.6. The van der Waals surface area contributed by atoms with E-state index in [-0.39, 0.29) is 6.04 Å². The van der Waals surface area contributed by atoms with Crippen LogP contribution in [0.15, 0.2) is 34.9 Å². The molecule has 2 saturated heterocycles. The lowest BCUT2D eigenvalue weighted by atomic mass is 10.2. The molecule has 0 radical (unpaired) electrons. The lowest BCUT2D eigenvalue weighted by Crippen LogP contribution is -2.48. The molecule has 0 aliphatic carbocycles. The molecule has 1 N–H and O–H groups in total. The Hall–Kier alpha value is -1.96. The average Bonchev–Trinajstić information content (AvgIpc) is 3.23. The number of aliphatic hydroxyl groups is 1. The van der Waals surface area contributed by atoms with Crippen LogP contribution in [0.5, 0.6) is 0 Å². The van der Waals surface area contributed by atoms with E-state index in [0.29, 0.717) is 24.9 Å². The summed E-state index contributed by atoms with van der Waals surface area (Å²) < 4.78 is 10.8. The van der Waals surface area contributed by atoms with Crippen LogP contribution in [0.1, 0.15) is 0 Å². The van der Waals surface area contributed by atoms with E-state index in [9.17, 15) is 5.11 Å². The van der Waals surface area contributed by atoms with Crippen molar-refractivity contribution in [3.8, 4) is 11.4 Å². The molecule has 0 saturated carbocycles. The molecule has 1 aromatic heterocycles. The topological polar surface area (TPSA) is 74.9 Å². The predicted octanol–water partition coefficient (Wildman–Crippen LogP) is 0.618. The van der Waals surface area contributed by atoms with Gasteiger partial charge >= 0.3 is 6.01 Å². The lowest BCUT2D eigenvalue weighted by Gasteiger charge is -2.33. The van der Waals surface area contributed by atoms with Gasteiger partial charge in [-0.25, -0.2) is 0 Å². The molecular weight excluding hydrogens is 296 g/mol. The van der Waals surface area contributed by atoms with E-state index in [2.05, 4.69) is 15.0 Å². The predicted molar refractivity (Wildman–Crippen MR) is 84.1 cm³/mol. The van der Waals surface area contributed by atoms with Gasteiger partial charge in [0.2, 0.25) is 5.82 Å². The first-order valence-corrected chi connectivity index (χ1v) is 7.95. The van der Waals surface area contributed by atoms with E-state index in [1.807, 2.05) is 35.2 Å². The van der Waals surface area contributed by atoms with Crippen LogP contribution in [0, 0.1) is 0 Å². The molecule has 0 unspecified atom stereocenters. The molecule has 0 spiro atoms. The number of hydrogen-bond donors (Lipinski definition) is 1. The quantitative estimate of drug-likeness (QED) is 0.889. The van der Waals surface area contributed by atoms with Gasteiger partial charge in [-0.3, -0.25) is 4.90 Å². The monoisotopic (exact) mass is 316 g/mol. The van der Waals surface area contributed by atoms with Crippen LogP contribution in [0.4, 0.5) is 6.01 Å². The van der Waals surface area contributed by atoms with Crippen molar-refractivity contribution in [1.82, 2.24) is 15.0 Å². The number of β-amino-alcohol motifs (C(OH)–C–C–N with tert-alkyl or cyclic N) is 1. The van der Waals surface area contributed by atoms with Gasteiger partial charge in [0.1, 0.15) is 0 Å². The maximum absolute atomic E-state index is 10.4. The number of rotatable bonds is 3. The molecule has 3 heterocycles. The number of aromatic nitrogens is 2. The van der Waals surface area contributed by atoms with E-state index in [1.165, 1.54) is 0 Å². The second kappa shape index (κ2) is 6.27. The van der Waals surface area contributed by atoms with Gasteiger partial charge in [-0.1, -0.05) is 35.5 Å². The highest BCUT2D eigenvalue weighted by atomic mass is 16.5. The summed E-state index contributed by atoms with van der Waals surface area (Å²) in [4.78, 5) is 8.71. The number of aliphatic hydroxyl groups excluding tert-OH is 1. The number of benzene rings is 1. The minimum Gasteiger partial charge on any atom is -0.390 e. The highest BCUT2D eigenvalue weighted by Crippen LogP contribution is 2.25. The molecule has 1 aromatic carbocycles. The molecule has 23 heavy (non-hydrogen) atoms. The summed E-state index contributed by atoms with van der Waals surface area (Å²) in [5.74, 6) is 0.574. The van der Waals surface area contributed by atoms with Gasteiger partial charge in [0, 0.05) is 25.2 Å². The zero-order valence-electron chi connectivity index (χ0n) is 12.8. The largest absolute Gasteiger partial charge is 0.390 e. The first-order valence-electron chi connectivity index (χ1n) is 7.95. The average molecular weight is 316 g/mol. The van der Waals surface area contributed by atoms with Gasteiger partial charge in [0.25, 0.3) is 0 Å². The number of nitrogens with zero attached hydrogens (tertiary/aromatic N) is 4. The molecule has 0 bridgehead atoms. The molecule has 7 nitrogen and oxygen atoms in total. The van der Waals surface area contributed by atoms with E-state index in [1.54, 1.807) is 0 Å². The molecule has 2 aliphatic heterocycles. The van der Waals surface area contributed by atoms with Crippen molar-refractivity contribution < 1.29 is 14.4 Å². The van der Waals surface area contributed by atoms with E-state index < -0.39 is 6.10 Å². The summed E-state index contributed by atoms with van der Waals surface area (Å²) in [6.07, 6.45) is -0.417. The number of morpholine rings is 1. The van der Waals surface area contributed by atoms with Crippen molar-refractivity contribution in [3.63, 3.8) is 0 Å². The van der Waals surface area contributed by atoms with E-state index in [4.69, 9.17) is 9.26 Å². The van der Waals surface area contributed by atoms with Gasteiger partial charge in [-0.2, -0.15) is 4.98 Å². The van der Waals surface area contributed by atoms with Crippen LogP contribution in [-0.4, -0.2) is 71.7 Å². The van der Waals surface area contributed by atoms with Crippen molar-refractivity contribution in [3.05, 3.63) is 30.3 Å². The molecule has 2 atom stereocenters. The molecule has 0 amide bonds. The van der Waals surface area contributed by atoms with Crippen LogP contribution in [0.25, 0.3) is 11.4 Å². The molecule has 2 aromatic rings. The summed E-state index contributed by atoms with van der Waals surface area (Å²) in [6, 6.07) is 10.3. The summed E-state index contributed by atoms with van der Waals surface area (Å²) >= 11 is 0. The van der Waals surface area contributed by atoms with E-state index >= 15 is 0 Å². The van der Waals surface area contributed by atoms with Gasteiger partial charge in [0.05, 0.1) is 31.9 Å². The van der Waals surface area contributed by atoms with Crippen LogP contribution in [-0.2, 0) is 4.74 Å². The van der Waals surface area contributed by atoms with Crippen molar-refractivity contribution in [1.29, 1.82) is 0 Å². The Morgan fingerprint density at radius 1 is 1.09 bits per heavy atom. The van der Waals surface area contributed by atoms with Crippen LogP contribution < -0.4 is 4.90 Å². The summed E-state index contributed by atoms with van der Waals surface area (Å²) in [6.45, 7) is 4.36. The molecule has 122 valence electrons. The Balaban J connectivity index is 1.48. The highest BCUT2D eigenvalue weighted by Gasteiger charge is 2.38. The minimum absolute atomic E-state index is 0.0889. The van der Waals surface area contributed by atoms with Crippen molar-refractivity contribution >= 4 is 6.01 Å². The van der Waals surface area contributed by atoms with Crippen molar-refractivity contribution in [2.24, 2.45) is 0 Å². The third-order valence-electron chi connectivity index (χ3n) is 4.49. The SMILES string of the molecule is O[C@H]1CN(c2nc(-c3ccccc3)no2)C[C@@H]1N1CCOCC1. The Morgan fingerprint density at radius 3 is 2.65 bits per heavy atom. The highest BCUT2D eigenvalue weighted by molar-refractivity contribution is 5.55. The molecule has 2 aliphatic rings. The number of hydrogen-bond acceptors (Lipinski definition) is 7. The Kier molecular flexibility index (Phi) is 3.99. The second-order valence-corrected chi connectivity index (χ2v) is 5.95. The lowest BCUT2D eigenvalue weighted by molar-refractivity contribution is -0.00589. The number of anilines is 1. The fourth-order valence-electron chi connectivity index (χ4n) is 3.24. The molecular formula is C16H20N4O3. The maximum Gasteiger partial charge on any atom is 0.324 e. The third-order valence-corrected chi connectivity index (χ3v) is 4.49. The maximum atomic E-state index is 10.4. The summed E-state index contributed by atoms with van der Waals surface area (Å²) in [5.41, 5.74) is 0.923. The fourth-order valence-corrected chi connectivity index (χ4v) is 3.24. The Morgan fingerprint density at radius 2 is 1.87 bits per heavy atom. The zero-order valence-corrected chi connectivity index (χ0v) is 12.8. The van der Waals surface area contributed by atoms with Gasteiger partial charge in [0.15, 0.2) is 0 Å². The van der Waals surface area contributed by atoms with Crippen LogP contribution in [0.3, 0.4) is 0 Å². The van der Waals surface area contributed by atoms with Crippen LogP contribution in [0.2, 0.25) is 0 Å². The second-order valence-electron chi connectivity index (χ2n) is 5.95. The first-order chi connectivity index (χ1) is 11.3. The van der Waals surface area contributed by atoms with Gasteiger partial charge in [-0.15, -0.1) is 0 Å². The number of ether oxygens (including phenoxy) is 1. The molecule has 4 rings (SSSR count). The molecule has 7 heteroatoms. The fraction of sp³-hybridized carbons (Fsp3) is 0.500. The Labute approximate surface area is 134 Å². The summed E-state index contributed by atoms with van der Waals surface area (Å²) in [7, 11) is 0. The van der Waals surface area contributed by atoms with E-state index in [0.717, 1.165) is 31.9 Å². The normalized spacial score (nSPS) is 25.9. The Bertz CT molecular complexity index is 642. The van der Waals surface area contributed by atoms with Crippen LogP contribution >= 0.6 is 0 Å². The molecule has 2 fully saturated rings. The third kappa shape index (κ3) is 2.95. The minimum atomic E-state index is -0.417. The van der Waals surface area contributed by atoms with Crippen molar-refractivity contribution in [2.75, 3.05) is 44.3 Å². The van der Waals surface area contributed by atoms with Gasteiger partial charge < -0.3 is 19.3 Å².